The van der Waals surface area contributed by atoms with Gasteiger partial charge in [0.15, 0.2) is 11.9 Å². The summed E-state index contributed by atoms with van der Waals surface area (Å²) in [7, 11) is 0. The Bertz CT molecular complexity index is 969. The normalized spacial score (nSPS) is 19.8. The lowest BCUT2D eigenvalue weighted by molar-refractivity contribution is -0.130. The third-order valence-corrected chi connectivity index (χ3v) is 5.10. The molecule has 0 spiro atoms. The van der Waals surface area contributed by atoms with Gasteiger partial charge in [0.05, 0.1) is 19.3 Å². The van der Waals surface area contributed by atoms with E-state index < -0.39 is 6.10 Å². The van der Waals surface area contributed by atoms with Crippen LogP contribution in [0.15, 0.2) is 48.9 Å². The first-order chi connectivity index (χ1) is 12.8. The number of ether oxygens (including phenoxy) is 1. The summed E-state index contributed by atoms with van der Waals surface area (Å²) < 4.78 is 7.63. The van der Waals surface area contributed by atoms with Gasteiger partial charge in [-0.25, -0.2) is 9.50 Å². The van der Waals surface area contributed by atoms with Crippen molar-refractivity contribution in [2.24, 2.45) is 0 Å². The Hall–Kier alpha value is -2.93. The fourth-order valence-corrected chi connectivity index (χ4v) is 3.82. The molecule has 2 aliphatic heterocycles. The SMILES string of the molecule is O=C(C1CN(c2nccn3nccc23)CCO1)N1CCc2ccccc21. The summed E-state index contributed by atoms with van der Waals surface area (Å²) in [4.78, 5) is 21.6. The molecule has 1 fully saturated rings. The highest BCUT2D eigenvalue weighted by Crippen LogP contribution is 2.29. The van der Waals surface area contributed by atoms with Crippen LogP contribution in [0.1, 0.15) is 5.56 Å². The van der Waals surface area contributed by atoms with Crippen LogP contribution < -0.4 is 9.80 Å². The van der Waals surface area contributed by atoms with Crippen LogP contribution in [0.3, 0.4) is 0 Å². The van der Waals surface area contributed by atoms with Gasteiger partial charge in [0.1, 0.15) is 5.52 Å². The smallest absolute Gasteiger partial charge is 0.257 e. The summed E-state index contributed by atoms with van der Waals surface area (Å²) in [5.74, 6) is 0.869. The predicted octanol–water partition coefficient (Wildman–Crippen LogP) is 1.52. The lowest BCUT2D eigenvalue weighted by Crippen LogP contribution is -2.51. The second-order valence-electron chi connectivity index (χ2n) is 6.59. The van der Waals surface area contributed by atoms with Crippen molar-refractivity contribution >= 4 is 22.9 Å². The lowest BCUT2D eigenvalue weighted by Gasteiger charge is -2.34. The minimum atomic E-state index is -0.486. The first-order valence-corrected chi connectivity index (χ1v) is 8.85. The molecule has 4 heterocycles. The molecule has 3 aromatic rings. The second kappa shape index (κ2) is 6.10. The minimum Gasteiger partial charge on any atom is -0.365 e. The number of aromatic nitrogens is 3. The highest BCUT2D eigenvalue weighted by molar-refractivity contribution is 5.99. The number of hydrogen-bond donors (Lipinski definition) is 0. The van der Waals surface area contributed by atoms with Crippen molar-refractivity contribution in [3.8, 4) is 0 Å². The summed E-state index contributed by atoms with van der Waals surface area (Å²) >= 11 is 0. The fraction of sp³-hybridized carbons (Fsp3) is 0.316. The number of fused-ring (bicyclic) bond motifs is 2. The maximum Gasteiger partial charge on any atom is 0.257 e. The quantitative estimate of drug-likeness (QED) is 0.702. The molecule has 0 N–H and O–H groups in total. The van der Waals surface area contributed by atoms with Gasteiger partial charge in [0.25, 0.3) is 5.91 Å². The van der Waals surface area contributed by atoms with Gasteiger partial charge in [0.2, 0.25) is 0 Å². The molecule has 5 rings (SSSR count). The van der Waals surface area contributed by atoms with E-state index in [1.807, 2.05) is 35.4 Å². The third-order valence-electron chi connectivity index (χ3n) is 5.10. The van der Waals surface area contributed by atoms with E-state index in [-0.39, 0.29) is 5.91 Å². The molecular formula is C19H19N5O2. The van der Waals surface area contributed by atoms with Crippen LogP contribution in [0.2, 0.25) is 0 Å². The Kier molecular flexibility index (Phi) is 3.60. The summed E-state index contributed by atoms with van der Waals surface area (Å²) in [6, 6.07) is 10.0. The standard InChI is InChI=1S/C19H19N5O2/c25-19(23-9-6-14-3-1-2-4-15(14)23)17-13-22(11-12-26-17)18-16-5-7-21-24(16)10-8-20-18/h1-5,7-8,10,17H,6,9,11-13H2. The first kappa shape index (κ1) is 15.3. The van der Waals surface area contributed by atoms with Crippen LogP contribution >= 0.6 is 0 Å². The van der Waals surface area contributed by atoms with Crippen LogP contribution in [-0.4, -0.2) is 52.9 Å². The minimum absolute atomic E-state index is 0.0279. The van der Waals surface area contributed by atoms with E-state index in [2.05, 4.69) is 21.0 Å². The number of nitrogens with zero attached hydrogens (tertiary/aromatic N) is 5. The Morgan fingerprint density at radius 2 is 2.08 bits per heavy atom. The van der Waals surface area contributed by atoms with Crippen LogP contribution in [0.5, 0.6) is 0 Å². The van der Waals surface area contributed by atoms with E-state index in [4.69, 9.17) is 4.74 Å². The number of rotatable bonds is 2. The molecule has 26 heavy (non-hydrogen) atoms. The highest BCUT2D eigenvalue weighted by atomic mass is 16.5. The molecule has 2 aliphatic rings. The van der Waals surface area contributed by atoms with E-state index in [0.717, 1.165) is 23.4 Å². The number of para-hydroxylation sites is 1. The number of amides is 1. The molecule has 7 nitrogen and oxygen atoms in total. The van der Waals surface area contributed by atoms with Crippen molar-refractivity contribution in [2.75, 3.05) is 36.0 Å². The van der Waals surface area contributed by atoms with Crippen molar-refractivity contribution in [1.82, 2.24) is 14.6 Å². The summed E-state index contributed by atoms with van der Waals surface area (Å²) in [5.41, 5.74) is 3.17. The molecule has 1 atom stereocenters. The van der Waals surface area contributed by atoms with Crippen molar-refractivity contribution in [2.45, 2.75) is 12.5 Å². The van der Waals surface area contributed by atoms with Crippen LogP contribution in [0.4, 0.5) is 11.5 Å². The molecule has 0 radical (unpaired) electrons. The van der Waals surface area contributed by atoms with Gasteiger partial charge in [-0.05, 0) is 24.1 Å². The number of anilines is 2. The summed E-state index contributed by atoms with van der Waals surface area (Å²) in [5, 5.41) is 4.26. The molecule has 1 saturated heterocycles. The Labute approximate surface area is 150 Å². The van der Waals surface area contributed by atoms with Crippen molar-refractivity contribution in [3.63, 3.8) is 0 Å². The zero-order valence-electron chi connectivity index (χ0n) is 14.3. The van der Waals surface area contributed by atoms with Crippen molar-refractivity contribution < 1.29 is 9.53 Å². The lowest BCUT2D eigenvalue weighted by atomic mass is 10.2. The van der Waals surface area contributed by atoms with Gasteiger partial charge in [-0.15, -0.1) is 0 Å². The fourth-order valence-electron chi connectivity index (χ4n) is 3.82. The van der Waals surface area contributed by atoms with Crippen LogP contribution in [0, 0.1) is 0 Å². The van der Waals surface area contributed by atoms with Gasteiger partial charge in [0, 0.05) is 31.2 Å². The molecule has 0 saturated carbocycles. The van der Waals surface area contributed by atoms with Gasteiger partial charge in [-0.1, -0.05) is 18.2 Å². The maximum atomic E-state index is 13.1. The third kappa shape index (κ3) is 2.43. The highest BCUT2D eigenvalue weighted by Gasteiger charge is 2.34. The number of carbonyl (C=O) groups excluding carboxylic acids is 1. The van der Waals surface area contributed by atoms with Gasteiger partial charge in [-0.3, -0.25) is 4.79 Å². The zero-order chi connectivity index (χ0) is 17.5. The molecule has 0 aliphatic carbocycles. The second-order valence-corrected chi connectivity index (χ2v) is 6.59. The van der Waals surface area contributed by atoms with Crippen molar-refractivity contribution in [1.29, 1.82) is 0 Å². The average Bonchev–Trinajstić information content (AvgIpc) is 3.34. The van der Waals surface area contributed by atoms with E-state index in [1.54, 1.807) is 16.9 Å². The molecule has 1 aromatic carbocycles. The Morgan fingerprint density at radius 3 is 3.04 bits per heavy atom. The zero-order valence-corrected chi connectivity index (χ0v) is 14.3. The average molecular weight is 349 g/mol. The monoisotopic (exact) mass is 349 g/mol. The first-order valence-electron chi connectivity index (χ1n) is 8.85. The number of hydrogen-bond acceptors (Lipinski definition) is 5. The molecule has 132 valence electrons. The van der Waals surface area contributed by atoms with Gasteiger partial charge >= 0.3 is 0 Å². The number of morpholine rings is 1. The maximum absolute atomic E-state index is 13.1. The molecule has 0 bridgehead atoms. The molecule has 1 amide bonds. The Morgan fingerprint density at radius 1 is 1.15 bits per heavy atom. The summed E-state index contributed by atoms with van der Waals surface area (Å²) in [6.45, 7) is 2.42. The molecule has 2 aromatic heterocycles. The topological polar surface area (TPSA) is 63.0 Å². The predicted molar refractivity (Wildman–Crippen MR) is 97.4 cm³/mol. The van der Waals surface area contributed by atoms with E-state index in [9.17, 15) is 4.79 Å². The molecule has 7 heteroatoms. The molecular weight excluding hydrogens is 330 g/mol. The van der Waals surface area contributed by atoms with Crippen LogP contribution in [0.25, 0.3) is 5.52 Å². The Balaban J connectivity index is 1.40. The molecule has 1 unspecified atom stereocenters. The van der Waals surface area contributed by atoms with Crippen LogP contribution in [-0.2, 0) is 16.0 Å². The largest absolute Gasteiger partial charge is 0.365 e. The number of benzene rings is 1. The van der Waals surface area contributed by atoms with E-state index in [1.165, 1.54) is 5.56 Å². The summed E-state index contributed by atoms with van der Waals surface area (Å²) in [6.07, 6.45) is 5.72. The van der Waals surface area contributed by atoms with Gasteiger partial charge in [-0.2, -0.15) is 5.10 Å². The van der Waals surface area contributed by atoms with E-state index in [0.29, 0.717) is 26.2 Å². The number of carbonyl (C=O) groups is 1. The van der Waals surface area contributed by atoms with E-state index >= 15 is 0 Å². The van der Waals surface area contributed by atoms with Crippen molar-refractivity contribution in [3.05, 3.63) is 54.5 Å². The van der Waals surface area contributed by atoms with Gasteiger partial charge < -0.3 is 14.5 Å².